The van der Waals surface area contributed by atoms with Gasteiger partial charge in [0.2, 0.25) is 5.91 Å². The first-order valence-electron chi connectivity index (χ1n) is 9.38. The standard InChI is InChI=1S/C19H22N2O5S2/c22-14(9-13-5-3-7-27-13)20-15-17(23)21-16(19(24)25)11(10-28-18(15)21)8-12-4-1-2-6-26-12/h3,5,7,12,15,18H,1-2,4,6,8-10H2,(H,20,22)(H,24,25)/t12?,15?,18-/m1/s1. The van der Waals surface area contributed by atoms with Gasteiger partial charge in [0.25, 0.3) is 5.91 Å². The second-order valence-corrected chi connectivity index (χ2v) is 9.30. The third-order valence-corrected chi connectivity index (χ3v) is 7.45. The largest absolute Gasteiger partial charge is 0.477 e. The summed E-state index contributed by atoms with van der Waals surface area (Å²) in [7, 11) is 0. The number of ether oxygens (including phenoxy) is 1. The number of nitrogens with zero attached hydrogens (tertiary/aromatic N) is 1. The Bertz CT molecular complexity index is 801. The van der Waals surface area contributed by atoms with Crippen molar-refractivity contribution in [2.75, 3.05) is 12.4 Å². The highest BCUT2D eigenvalue weighted by Crippen LogP contribution is 2.42. The van der Waals surface area contributed by atoms with Crippen LogP contribution >= 0.6 is 23.1 Å². The van der Waals surface area contributed by atoms with Gasteiger partial charge >= 0.3 is 5.97 Å². The van der Waals surface area contributed by atoms with E-state index in [0.29, 0.717) is 18.8 Å². The van der Waals surface area contributed by atoms with E-state index in [9.17, 15) is 19.5 Å². The summed E-state index contributed by atoms with van der Waals surface area (Å²) in [6.07, 6.45) is 3.82. The van der Waals surface area contributed by atoms with Gasteiger partial charge < -0.3 is 15.2 Å². The van der Waals surface area contributed by atoms with E-state index in [-0.39, 0.29) is 35.4 Å². The number of rotatable bonds is 6. The fourth-order valence-electron chi connectivity index (χ4n) is 3.88. The lowest BCUT2D eigenvalue weighted by atomic mass is 9.97. The Kier molecular flexibility index (Phi) is 5.75. The summed E-state index contributed by atoms with van der Waals surface area (Å²) in [5.74, 6) is -1.12. The van der Waals surface area contributed by atoms with Crippen LogP contribution in [0.4, 0.5) is 0 Å². The quantitative estimate of drug-likeness (QED) is 0.681. The SMILES string of the molecule is O=C(Cc1cccs1)NC1C(=O)N2C(C(=O)O)=C(CC3CCCCO3)CS[C@H]12. The molecule has 1 aromatic heterocycles. The molecule has 0 bridgehead atoms. The third kappa shape index (κ3) is 3.83. The second kappa shape index (κ2) is 8.26. The summed E-state index contributed by atoms with van der Waals surface area (Å²) in [6.45, 7) is 0.705. The number of hydrogen-bond donors (Lipinski definition) is 2. The minimum absolute atomic E-state index is 0.0212. The number of nitrogens with one attached hydrogen (secondary N) is 1. The van der Waals surface area contributed by atoms with E-state index in [2.05, 4.69) is 5.32 Å². The van der Waals surface area contributed by atoms with Crippen molar-refractivity contribution in [1.82, 2.24) is 10.2 Å². The predicted molar refractivity (Wildman–Crippen MR) is 106 cm³/mol. The monoisotopic (exact) mass is 422 g/mol. The number of thioether (sulfide) groups is 1. The zero-order chi connectivity index (χ0) is 19.7. The molecule has 150 valence electrons. The topological polar surface area (TPSA) is 95.9 Å². The predicted octanol–water partition coefficient (Wildman–Crippen LogP) is 1.99. The van der Waals surface area contributed by atoms with Crippen molar-refractivity contribution in [3.05, 3.63) is 33.7 Å². The first-order valence-corrected chi connectivity index (χ1v) is 11.3. The number of carbonyl (C=O) groups excluding carboxylic acids is 2. The van der Waals surface area contributed by atoms with Crippen molar-refractivity contribution in [3.63, 3.8) is 0 Å². The molecule has 2 amide bonds. The van der Waals surface area contributed by atoms with E-state index >= 15 is 0 Å². The molecule has 0 aromatic carbocycles. The van der Waals surface area contributed by atoms with Gasteiger partial charge in [0.15, 0.2) is 0 Å². The number of hydrogen-bond acceptors (Lipinski definition) is 6. The van der Waals surface area contributed by atoms with Gasteiger partial charge in [0.1, 0.15) is 17.1 Å². The Balaban J connectivity index is 1.44. The van der Waals surface area contributed by atoms with Crippen LogP contribution in [0.3, 0.4) is 0 Å². The average molecular weight is 423 g/mol. The fourth-order valence-corrected chi connectivity index (χ4v) is 5.94. The number of β-lactam (4-membered cyclic amide) rings is 1. The molecular formula is C19H22N2O5S2. The molecule has 0 saturated carbocycles. The molecule has 0 spiro atoms. The maximum Gasteiger partial charge on any atom is 0.352 e. The van der Waals surface area contributed by atoms with Crippen LogP contribution in [-0.4, -0.2) is 57.7 Å². The number of aliphatic carboxylic acids is 1. The van der Waals surface area contributed by atoms with E-state index in [1.807, 2.05) is 17.5 Å². The molecule has 3 aliphatic rings. The van der Waals surface area contributed by atoms with E-state index in [1.54, 1.807) is 0 Å². The van der Waals surface area contributed by atoms with Crippen molar-refractivity contribution in [1.29, 1.82) is 0 Å². The lowest BCUT2D eigenvalue weighted by Gasteiger charge is -2.49. The van der Waals surface area contributed by atoms with Crippen LogP contribution in [0.2, 0.25) is 0 Å². The zero-order valence-electron chi connectivity index (χ0n) is 15.3. The fraction of sp³-hybridized carbons (Fsp3) is 0.526. The molecule has 1 aromatic rings. The lowest BCUT2D eigenvalue weighted by molar-refractivity contribution is -0.150. The Labute approximate surface area is 171 Å². The minimum atomic E-state index is -1.09. The number of amides is 2. The van der Waals surface area contributed by atoms with Gasteiger partial charge in [-0.25, -0.2) is 4.79 Å². The van der Waals surface area contributed by atoms with Crippen LogP contribution in [-0.2, 0) is 25.5 Å². The van der Waals surface area contributed by atoms with E-state index in [4.69, 9.17) is 4.74 Å². The first-order chi connectivity index (χ1) is 13.5. The third-order valence-electron chi connectivity index (χ3n) is 5.23. The number of carboxylic acid groups (broad SMARTS) is 1. The molecule has 0 radical (unpaired) electrons. The average Bonchev–Trinajstić information content (AvgIpc) is 3.19. The molecular weight excluding hydrogens is 400 g/mol. The molecule has 4 rings (SSSR count). The number of thiophene rings is 1. The van der Waals surface area contributed by atoms with Crippen molar-refractivity contribution in [2.24, 2.45) is 0 Å². The summed E-state index contributed by atoms with van der Waals surface area (Å²) in [5, 5.41) is 14.0. The van der Waals surface area contributed by atoms with Gasteiger partial charge in [-0.05, 0) is 42.7 Å². The highest BCUT2D eigenvalue weighted by molar-refractivity contribution is 8.00. The molecule has 4 heterocycles. The molecule has 2 saturated heterocycles. The van der Waals surface area contributed by atoms with Gasteiger partial charge in [-0.1, -0.05) is 6.07 Å². The van der Waals surface area contributed by atoms with E-state index in [1.165, 1.54) is 28.0 Å². The summed E-state index contributed by atoms with van der Waals surface area (Å²) in [6, 6.07) is 3.08. The highest BCUT2D eigenvalue weighted by Gasteiger charge is 2.54. The molecule has 2 N–H and O–H groups in total. The maximum atomic E-state index is 12.7. The van der Waals surface area contributed by atoms with Gasteiger partial charge in [0.05, 0.1) is 12.5 Å². The van der Waals surface area contributed by atoms with Crippen LogP contribution < -0.4 is 5.32 Å². The number of carboxylic acids is 1. The highest BCUT2D eigenvalue weighted by atomic mass is 32.2. The van der Waals surface area contributed by atoms with Gasteiger partial charge in [-0.3, -0.25) is 14.5 Å². The summed E-state index contributed by atoms with van der Waals surface area (Å²) in [4.78, 5) is 39.1. The van der Waals surface area contributed by atoms with Crippen LogP contribution in [0.5, 0.6) is 0 Å². The van der Waals surface area contributed by atoms with Gasteiger partial charge in [0, 0.05) is 17.2 Å². The Hall–Kier alpha value is -1.84. The zero-order valence-corrected chi connectivity index (χ0v) is 16.9. The molecule has 0 aliphatic carbocycles. The first kappa shape index (κ1) is 19.5. The summed E-state index contributed by atoms with van der Waals surface area (Å²) in [5.41, 5.74) is 0.823. The van der Waals surface area contributed by atoms with Crippen LogP contribution in [0.15, 0.2) is 28.8 Å². The van der Waals surface area contributed by atoms with E-state index < -0.39 is 12.0 Å². The molecule has 2 fully saturated rings. The van der Waals surface area contributed by atoms with Crippen molar-refractivity contribution < 1.29 is 24.2 Å². The maximum absolute atomic E-state index is 12.7. The molecule has 3 aliphatic heterocycles. The molecule has 28 heavy (non-hydrogen) atoms. The Morgan fingerprint density at radius 1 is 1.36 bits per heavy atom. The molecule has 9 heteroatoms. The van der Waals surface area contributed by atoms with Crippen LogP contribution in [0.1, 0.15) is 30.6 Å². The van der Waals surface area contributed by atoms with Gasteiger partial charge in [-0.2, -0.15) is 0 Å². The van der Waals surface area contributed by atoms with Crippen LogP contribution in [0, 0.1) is 0 Å². The van der Waals surface area contributed by atoms with E-state index in [0.717, 1.165) is 29.7 Å². The molecule has 2 unspecified atom stereocenters. The normalized spacial score (nSPS) is 27.2. The van der Waals surface area contributed by atoms with Crippen LogP contribution in [0.25, 0.3) is 0 Å². The summed E-state index contributed by atoms with van der Waals surface area (Å²) < 4.78 is 5.74. The van der Waals surface area contributed by atoms with Gasteiger partial charge in [-0.15, -0.1) is 23.1 Å². The summed E-state index contributed by atoms with van der Waals surface area (Å²) >= 11 is 3.00. The molecule has 7 nitrogen and oxygen atoms in total. The number of carbonyl (C=O) groups is 3. The molecule has 3 atom stereocenters. The number of fused-ring (bicyclic) bond motifs is 1. The lowest BCUT2D eigenvalue weighted by Crippen LogP contribution is -2.70. The smallest absolute Gasteiger partial charge is 0.352 e. The minimum Gasteiger partial charge on any atom is -0.477 e. The Morgan fingerprint density at radius 3 is 2.89 bits per heavy atom. The second-order valence-electron chi connectivity index (χ2n) is 7.16. The van der Waals surface area contributed by atoms with Crippen molar-refractivity contribution in [3.8, 4) is 0 Å². The van der Waals surface area contributed by atoms with Crippen molar-refractivity contribution >= 4 is 40.9 Å². The van der Waals surface area contributed by atoms with Crippen molar-refractivity contribution in [2.45, 2.75) is 49.6 Å². The Morgan fingerprint density at radius 2 is 2.21 bits per heavy atom.